The Bertz CT molecular complexity index is 392. The third-order valence-electron chi connectivity index (χ3n) is 2.68. The second-order valence-corrected chi connectivity index (χ2v) is 3.54. The molecule has 0 bridgehead atoms. The van der Waals surface area contributed by atoms with Crippen LogP contribution in [0, 0.1) is 0 Å². The van der Waals surface area contributed by atoms with Gasteiger partial charge in [0.25, 0.3) is 0 Å². The van der Waals surface area contributed by atoms with Crippen molar-refractivity contribution in [3.05, 3.63) is 34.4 Å². The zero-order chi connectivity index (χ0) is 11.4. The zero-order valence-electron chi connectivity index (χ0n) is 9.46. The molecule has 1 rings (SSSR count). The number of hydrogen-bond donors (Lipinski definition) is 0. The smallest absolute Gasteiger partial charge is 0.160 e. The lowest BCUT2D eigenvalue weighted by Crippen LogP contribution is -2.05. The summed E-state index contributed by atoms with van der Waals surface area (Å²) in [7, 11) is 0. The highest BCUT2D eigenvalue weighted by Crippen LogP contribution is 2.20. The van der Waals surface area contributed by atoms with E-state index in [1.807, 2.05) is 13.8 Å². The van der Waals surface area contributed by atoms with Crippen LogP contribution in [-0.2, 0) is 12.8 Å². The van der Waals surface area contributed by atoms with Crippen molar-refractivity contribution in [3.8, 4) is 0 Å². The van der Waals surface area contributed by atoms with Crippen molar-refractivity contribution in [2.24, 2.45) is 0 Å². The van der Waals surface area contributed by atoms with Gasteiger partial charge in [-0.05, 0) is 30.9 Å². The molecule has 0 aromatic heterocycles. The minimum Gasteiger partial charge on any atom is -0.298 e. The van der Waals surface area contributed by atoms with E-state index >= 15 is 0 Å². The highest BCUT2D eigenvalue weighted by Gasteiger charge is 2.12. The zero-order valence-corrected chi connectivity index (χ0v) is 9.46. The topological polar surface area (TPSA) is 34.1 Å². The average Bonchev–Trinajstić information content (AvgIpc) is 2.26. The molecule has 0 aliphatic rings. The minimum atomic E-state index is 0.0685. The van der Waals surface area contributed by atoms with Crippen LogP contribution in [0.5, 0.6) is 0 Å². The summed E-state index contributed by atoms with van der Waals surface area (Å²) in [6, 6.07) is 3.49. The second kappa shape index (κ2) is 4.87. The lowest BCUT2D eigenvalue weighted by atomic mass is 9.91. The molecule has 2 nitrogen and oxygen atoms in total. The second-order valence-electron chi connectivity index (χ2n) is 3.54. The number of carbonyl (C=O) groups excluding carboxylic acids is 2. The van der Waals surface area contributed by atoms with Crippen LogP contribution in [0.3, 0.4) is 0 Å². The number of Topliss-reactive ketones (excluding diaryl/α,β-unsaturated/α-hetero) is 1. The summed E-state index contributed by atoms with van der Waals surface area (Å²) >= 11 is 0. The van der Waals surface area contributed by atoms with E-state index in [4.69, 9.17) is 0 Å². The summed E-state index contributed by atoms with van der Waals surface area (Å²) in [5, 5.41) is 0. The number of aldehydes is 1. The van der Waals surface area contributed by atoms with Gasteiger partial charge in [-0.2, -0.15) is 0 Å². The van der Waals surface area contributed by atoms with E-state index in [2.05, 4.69) is 0 Å². The Morgan fingerprint density at radius 1 is 1.20 bits per heavy atom. The summed E-state index contributed by atoms with van der Waals surface area (Å²) in [6.45, 7) is 5.58. The fourth-order valence-corrected chi connectivity index (χ4v) is 1.97. The van der Waals surface area contributed by atoms with E-state index in [9.17, 15) is 9.59 Å². The van der Waals surface area contributed by atoms with Gasteiger partial charge in [0, 0.05) is 11.1 Å². The molecule has 0 N–H and O–H groups in total. The average molecular weight is 204 g/mol. The molecule has 15 heavy (non-hydrogen) atoms. The van der Waals surface area contributed by atoms with Crippen LogP contribution in [-0.4, -0.2) is 12.1 Å². The third kappa shape index (κ3) is 2.14. The van der Waals surface area contributed by atoms with Crippen LogP contribution < -0.4 is 0 Å². The lowest BCUT2D eigenvalue weighted by molar-refractivity contribution is 0.101. The van der Waals surface area contributed by atoms with Crippen molar-refractivity contribution in [2.45, 2.75) is 33.6 Å². The predicted molar refractivity (Wildman–Crippen MR) is 60.6 cm³/mol. The first-order valence-corrected chi connectivity index (χ1v) is 5.26. The molecule has 0 heterocycles. The summed E-state index contributed by atoms with van der Waals surface area (Å²) in [5.41, 5.74) is 3.49. The van der Waals surface area contributed by atoms with Gasteiger partial charge in [0.05, 0.1) is 0 Å². The molecule has 0 fully saturated rings. The summed E-state index contributed by atoms with van der Waals surface area (Å²) in [4.78, 5) is 22.3. The molecule has 0 amide bonds. The van der Waals surface area contributed by atoms with Crippen molar-refractivity contribution >= 4 is 12.1 Å². The van der Waals surface area contributed by atoms with Crippen LogP contribution in [0.25, 0.3) is 0 Å². The molecular weight excluding hydrogens is 188 g/mol. The maximum Gasteiger partial charge on any atom is 0.160 e. The molecule has 0 atom stereocenters. The first kappa shape index (κ1) is 11.6. The Hall–Kier alpha value is -1.44. The van der Waals surface area contributed by atoms with Gasteiger partial charge in [-0.15, -0.1) is 0 Å². The number of rotatable bonds is 4. The van der Waals surface area contributed by atoms with Gasteiger partial charge in [0.1, 0.15) is 6.29 Å². The number of ketones is 1. The van der Waals surface area contributed by atoms with E-state index < -0.39 is 0 Å². The van der Waals surface area contributed by atoms with E-state index in [0.29, 0.717) is 5.56 Å². The Balaban J connectivity index is 3.47. The maximum atomic E-state index is 11.4. The quantitative estimate of drug-likeness (QED) is 0.558. The molecule has 0 aliphatic carbocycles. The number of benzene rings is 1. The SMILES string of the molecule is CCc1c(C=O)ccc(C(C)=O)c1CC. The molecule has 80 valence electrons. The number of carbonyl (C=O) groups is 2. The highest BCUT2D eigenvalue weighted by atomic mass is 16.1. The Kier molecular flexibility index (Phi) is 3.78. The molecule has 2 heteroatoms. The van der Waals surface area contributed by atoms with Crippen LogP contribution in [0.4, 0.5) is 0 Å². The number of hydrogen-bond acceptors (Lipinski definition) is 2. The summed E-state index contributed by atoms with van der Waals surface area (Å²) in [6.07, 6.45) is 2.44. The fourth-order valence-electron chi connectivity index (χ4n) is 1.97. The molecular formula is C13H16O2. The van der Waals surface area contributed by atoms with E-state index in [-0.39, 0.29) is 5.78 Å². The van der Waals surface area contributed by atoms with Crippen LogP contribution in [0.15, 0.2) is 12.1 Å². The molecule has 1 aromatic rings. The van der Waals surface area contributed by atoms with E-state index in [0.717, 1.165) is 35.8 Å². The normalized spacial score (nSPS) is 10.1. The van der Waals surface area contributed by atoms with Gasteiger partial charge in [-0.25, -0.2) is 0 Å². The van der Waals surface area contributed by atoms with Crippen molar-refractivity contribution < 1.29 is 9.59 Å². The van der Waals surface area contributed by atoms with Gasteiger partial charge in [-0.1, -0.05) is 26.0 Å². The van der Waals surface area contributed by atoms with E-state index in [1.54, 1.807) is 19.1 Å². The highest BCUT2D eigenvalue weighted by molar-refractivity contribution is 5.97. The van der Waals surface area contributed by atoms with Gasteiger partial charge >= 0.3 is 0 Å². The predicted octanol–water partition coefficient (Wildman–Crippen LogP) is 2.83. The van der Waals surface area contributed by atoms with Gasteiger partial charge in [0.2, 0.25) is 0 Å². The Morgan fingerprint density at radius 2 is 1.80 bits per heavy atom. The van der Waals surface area contributed by atoms with E-state index in [1.165, 1.54) is 0 Å². The summed E-state index contributed by atoms with van der Waals surface area (Å²) in [5.74, 6) is 0.0685. The first-order valence-electron chi connectivity index (χ1n) is 5.26. The van der Waals surface area contributed by atoms with Crippen LogP contribution in [0.1, 0.15) is 52.6 Å². The monoisotopic (exact) mass is 204 g/mol. The largest absolute Gasteiger partial charge is 0.298 e. The van der Waals surface area contributed by atoms with Crippen LogP contribution in [0.2, 0.25) is 0 Å². The first-order chi connectivity index (χ1) is 7.15. The molecule has 0 saturated carbocycles. The van der Waals surface area contributed by atoms with Crippen molar-refractivity contribution in [1.82, 2.24) is 0 Å². The van der Waals surface area contributed by atoms with Gasteiger partial charge in [0.15, 0.2) is 5.78 Å². The molecule has 0 radical (unpaired) electrons. The summed E-state index contributed by atoms with van der Waals surface area (Å²) < 4.78 is 0. The van der Waals surface area contributed by atoms with Crippen molar-refractivity contribution in [2.75, 3.05) is 0 Å². The van der Waals surface area contributed by atoms with Gasteiger partial charge in [-0.3, -0.25) is 9.59 Å². The molecule has 1 aromatic carbocycles. The van der Waals surface area contributed by atoms with Crippen molar-refractivity contribution in [3.63, 3.8) is 0 Å². The molecule has 0 spiro atoms. The fraction of sp³-hybridized carbons (Fsp3) is 0.385. The van der Waals surface area contributed by atoms with Gasteiger partial charge < -0.3 is 0 Å². The maximum absolute atomic E-state index is 11.4. The lowest BCUT2D eigenvalue weighted by Gasteiger charge is -2.12. The Labute approximate surface area is 90.3 Å². The molecule has 0 unspecified atom stereocenters. The third-order valence-corrected chi connectivity index (χ3v) is 2.68. The van der Waals surface area contributed by atoms with Crippen molar-refractivity contribution in [1.29, 1.82) is 0 Å². The molecule has 0 saturated heterocycles. The molecule has 0 aliphatic heterocycles. The minimum absolute atomic E-state index is 0.0685. The Morgan fingerprint density at radius 3 is 2.20 bits per heavy atom. The standard InChI is InChI=1S/C13H16O2/c1-4-11-10(8-14)6-7-13(9(3)15)12(11)5-2/h6-8H,4-5H2,1-3H3. The van der Waals surface area contributed by atoms with Crippen LogP contribution >= 0.6 is 0 Å².